The van der Waals surface area contributed by atoms with E-state index in [0.29, 0.717) is 11.7 Å². The molecule has 3 nitrogen and oxygen atoms in total. The van der Waals surface area contributed by atoms with E-state index in [1.807, 2.05) is 31.2 Å². The molecule has 0 N–H and O–H groups in total. The molecule has 0 bridgehead atoms. The summed E-state index contributed by atoms with van der Waals surface area (Å²) in [6, 6.07) is 7.88. The van der Waals surface area contributed by atoms with Crippen LogP contribution in [0.2, 0.25) is 0 Å². The van der Waals surface area contributed by atoms with Gasteiger partial charge in [-0.1, -0.05) is 29.4 Å². The average molecular weight is 209 g/mol. The quantitative estimate of drug-likeness (QED) is 0.713. The maximum Gasteiger partial charge on any atom is 0.241 e. The summed E-state index contributed by atoms with van der Waals surface area (Å²) in [6.45, 7) is 2.01. The van der Waals surface area contributed by atoms with Crippen LogP contribution in [0.4, 0.5) is 0 Å². The number of rotatable bonds is 2. The van der Waals surface area contributed by atoms with Crippen molar-refractivity contribution in [2.45, 2.75) is 12.8 Å². The summed E-state index contributed by atoms with van der Waals surface area (Å²) in [5, 5.41) is 3.85. The minimum absolute atomic E-state index is 0.249. The zero-order chi connectivity index (χ0) is 9.97. The Morgan fingerprint density at radius 3 is 2.79 bits per heavy atom. The number of benzene rings is 1. The minimum atomic E-state index is 0.249. The van der Waals surface area contributed by atoms with Crippen LogP contribution in [-0.4, -0.2) is 10.1 Å². The van der Waals surface area contributed by atoms with Crippen molar-refractivity contribution < 1.29 is 4.52 Å². The number of hydrogen-bond acceptors (Lipinski definition) is 3. The summed E-state index contributed by atoms with van der Waals surface area (Å²) >= 11 is 5.57. The van der Waals surface area contributed by atoms with Crippen molar-refractivity contribution in [3.8, 4) is 11.4 Å². The van der Waals surface area contributed by atoms with Gasteiger partial charge in [0.2, 0.25) is 11.7 Å². The molecule has 2 rings (SSSR count). The monoisotopic (exact) mass is 208 g/mol. The van der Waals surface area contributed by atoms with Crippen LogP contribution in [0, 0.1) is 6.92 Å². The fourth-order valence-corrected chi connectivity index (χ4v) is 1.35. The van der Waals surface area contributed by atoms with Crippen LogP contribution >= 0.6 is 11.6 Å². The third-order valence-electron chi connectivity index (χ3n) is 1.97. The van der Waals surface area contributed by atoms with Gasteiger partial charge in [0.15, 0.2) is 0 Å². The molecule has 0 aliphatic rings. The Hall–Kier alpha value is -1.35. The SMILES string of the molecule is Cc1ccccc1-c1noc(CCl)n1. The molecule has 0 fully saturated rings. The van der Waals surface area contributed by atoms with Crippen molar-refractivity contribution in [3.05, 3.63) is 35.7 Å². The summed E-state index contributed by atoms with van der Waals surface area (Å²) in [7, 11) is 0. The van der Waals surface area contributed by atoms with Crippen LogP contribution in [0.15, 0.2) is 28.8 Å². The average Bonchev–Trinajstić information content (AvgIpc) is 2.67. The molecule has 72 valence electrons. The fraction of sp³-hybridized carbons (Fsp3) is 0.200. The van der Waals surface area contributed by atoms with Crippen LogP contribution in [0.1, 0.15) is 11.5 Å². The number of aryl methyl sites for hydroxylation is 1. The smallest absolute Gasteiger partial charge is 0.241 e. The molecule has 0 saturated carbocycles. The zero-order valence-corrected chi connectivity index (χ0v) is 8.45. The van der Waals surface area contributed by atoms with E-state index in [-0.39, 0.29) is 5.88 Å². The van der Waals surface area contributed by atoms with Gasteiger partial charge in [-0.05, 0) is 12.5 Å². The third kappa shape index (κ3) is 1.63. The summed E-state index contributed by atoms with van der Waals surface area (Å²) in [4.78, 5) is 4.15. The molecule has 0 radical (unpaired) electrons. The Balaban J connectivity index is 2.44. The molecule has 0 saturated heterocycles. The molecular weight excluding hydrogens is 200 g/mol. The van der Waals surface area contributed by atoms with Crippen molar-refractivity contribution in [2.24, 2.45) is 0 Å². The van der Waals surface area contributed by atoms with Crippen LogP contribution < -0.4 is 0 Å². The number of aromatic nitrogens is 2. The van der Waals surface area contributed by atoms with E-state index in [1.165, 1.54) is 0 Å². The largest absolute Gasteiger partial charge is 0.338 e. The highest BCUT2D eigenvalue weighted by atomic mass is 35.5. The van der Waals surface area contributed by atoms with Crippen molar-refractivity contribution in [3.63, 3.8) is 0 Å². The van der Waals surface area contributed by atoms with Gasteiger partial charge < -0.3 is 4.52 Å². The van der Waals surface area contributed by atoms with Gasteiger partial charge in [-0.2, -0.15) is 4.98 Å². The summed E-state index contributed by atoms with van der Waals surface area (Å²) in [5.41, 5.74) is 2.10. The number of hydrogen-bond donors (Lipinski definition) is 0. The standard InChI is InChI=1S/C10H9ClN2O/c1-7-4-2-3-5-8(7)10-12-9(6-11)14-13-10/h2-5H,6H2,1H3. The molecule has 0 spiro atoms. The summed E-state index contributed by atoms with van der Waals surface area (Å²) in [5.74, 6) is 1.29. The van der Waals surface area contributed by atoms with Gasteiger partial charge in [0.1, 0.15) is 5.88 Å². The van der Waals surface area contributed by atoms with E-state index < -0.39 is 0 Å². The van der Waals surface area contributed by atoms with E-state index >= 15 is 0 Å². The van der Waals surface area contributed by atoms with Gasteiger partial charge in [-0.3, -0.25) is 0 Å². The maximum absolute atomic E-state index is 5.57. The summed E-state index contributed by atoms with van der Waals surface area (Å²) < 4.78 is 4.93. The maximum atomic E-state index is 5.57. The van der Waals surface area contributed by atoms with E-state index in [0.717, 1.165) is 11.1 Å². The van der Waals surface area contributed by atoms with Gasteiger partial charge in [-0.25, -0.2) is 0 Å². The first-order valence-corrected chi connectivity index (χ1v) is 4.79. The Bertz CT molecular complexity index is 439. The lowest BCUT2D eigenvalue weighted by molar-refractivity contribution is 0.391. The lowest BCUT2D eigenvalue weighted by Crippen LogP contribution is -1.84. The van der Waals surface area contributed by atoms with E-state index in [4.69, 9.17) is 16.1 Å². The van der Waals surface area contributed by atoms with Crippen molar-refractivity contribution in [2.75, 3.05) is 0 Å². The Kier molecular flexibility index (Phi) is 2.50. The highest BCUT2D eigenvalue weighted by molar-refractivity contribution is 6.16. The first kappa shape index (κ1) is 9.21. The van der Waals surface area contributed by atoms with Gasteiger partial charge in [0.05, 0.1) is 0 Å². The van der Waals surface area contributed by atoms with Crippen LogP contribution in [0.3, 0.4) is 0 Å². The predicted octanol–water partition coefficient (Wildman–Crippen LogP) is 2.78. The molecule has 1 aromatic heterocycles. The lowest BCUT2D eigenvalue weighted by Gasteiger charge is -1.97. The fourth-order valence-electron chi connectivity index (χ4n) is 1.24. The molecule has 0 aliphatic carbocycles. The molecule has 1 heterocycles. The van der Waals surface area contributed by atoms with Crippen molar-refractivity contribution in [1.82, 2.24) is 10.1 Å². The number of alkyl halides is 1. The molecule has 14 heavy (non-hydrogen) atoms. The van der Waals surface area contributed by atoms with Crippen LogP contribution in [-0.2, 0) is 5.88 Å². The summed E-state index contributed by atoms with van der Waals surface area (Å²) in [6.07, 6.45) is 0. The molecule has 0 amide bonds. The van der Waals surface area contributed by atoms with Gasteiger partial charge in [0, 0.05) is 5.56 Å². The van der Waals surface area contributed by atoms with Crippen LogP contribution in [0.5, 0.6) is 0 Å². The molecule has 1 aromatic carbocycles. The second-order valence-corrected chi connectivity index (χ2v) is 3.23. The van der Waals surface area contributed by atoms with E-state index in [1.54, 1.807) is 0 Å². The first-order chi connectivity index (χ1) is 6.81. The van der Waals surface area contributed by atoms with Gasteiger partial charge in [-0.15, -0.1) is 11.6 Å². The Morgan fingerprint density at radius 1 is 1.36 bits per heavy atom. The first-order valence-electron chi connectivity index (χ1n) is 4.26. The van der Waals surface area contributed by atoms with Crippen molar-refractivity contribution >= 4 is 11.6 Å². The lowest BCUT2D eigenvalue weighted by atomic mass is 10.1. The molecule has 0 unspecified atom stereocenters. The molecule has 4 heteroatoms. The Morgan fingerprint density at radius 2 is 2.14 bits per heavy atom. The van der Waals surface area contributed by atoms with E-state index in [9.17, 15) is 0 Å². The molecule has 2 aromatic rings. The van der Waals surface area contributed by atoms with Gasteiger partial charge >= 0.3 is 0 Å². The highest BCUT2D eigenvalue weighted by Crippen LogP contribution is 2.19. The zero-order valence-electron chi connectivity index (χ0n) is 7.70. The highest BCUT2D eigenvalue weighted by Gasteiger charge is 2.08. The van der Waals surface area contributed by atoms with Crippen molar-refractivity contribution in [1.29, 1.82) is 0 Å². The normalized spacial score (nSPS) is 10.4. The topological polar surface area (TPSA) is 38.9 Å². The molecular formula is C10H9ClN2O. The number of halogens is 1. The molecule has 0 atom stereocenters. The third-order valence-corrected chi connectivity index (χ3v) is 2.20. The van der Waals surface area contributed by atoms with E-state index in [2.05, 4.69) is 10.1 Å². The number of nitrogens with zero attached hydrogens (tertiary/aromatic N) is 2. The second-order valence-electron chi connectivity index (χ2n) is 2.96. The second kappa shape index (κ2) is 3.80. The van der Waals surface area contributed by atoms with Crippen LogP contribution in [0.25, 0.3) is 11.4 Å². The Labute approximate surface area is 86.7 Å². The predicted molar refractivity (Wildman–Crippen MR) is 54.0 cm³/mol. The minimum Gasteiger partial charge on any atom is -0.338 e. The van der Waals surface area contributed by atoms with Gasteiger partial charge in [0.25, 0.3) is 0 Å². The molecule has 0 aliphatic heterocycles.